The third-order valence-corrected chi connectivity index (χ3v) is 3.86. The molecule has 0 aromatic carbocycles. The maximum atomic E-state index is 12.9. The van der Waals surface area contributed by atoms with Crippen molar-refractivity contribution in [3.05, 3.63) is 0 Å². The van der Waals surface area contributed by atoms with Gasteiger partial charge >= 0.3 is 5.92 Å². The van der Waals surface area contributed by atoms with Crippen LogP contribution in [0.1, 0.15) is 32.6 Å². The van der Waals surface area contributed by atoms with Crippen molar-refractivity contribution in [2.24, 2.45) is 0 Å². The molecule has 1 unspecified atom stereocenters. The van der Waals surface area contributed by atoms with E-state index in [0.717, 1.165) is 32.2 Å². The van der Waals surface area contributed by atoms with Crippen molar-refractivity contribution in [3.8, 4) is 0 Å². The van der Waals surface area contributed by atoms with Gasteiger partial charge in [-0.25, -0.2) is 0 Å². The third-order valence-electron chi connectivity index (χ3n) is 3.86. The van der Waals surface area contributed by atoms with Gasteiger partial charge in [0.1, 0.15) is 0 Å². The summed E-state index contributed by atoms with van der Waals surface area (Å²) in [6.45, 7) is 1.98. The zero-order valence-corrected chi connectivity index (χ0v) is 10.5. The highest BCUT2D eigenvalue weighted by Gasteiger charge is 2.40. The highest BCUT2D eigenvalue weighted by molar-refractivity contribution is 5.83. The topological polar surface area (TPSA) is 52.6 Å². The van der Waals surface area contributed by atoms with Crippen LogP contribution in [-0.4, -0.2) is 53.1 Å². The predicted molar refractivity (Wildman–Crippen MR) is 62.4 cm³/mol. The van der Waals surface area contributed by atoms with Gasteiger partial charge in [0, 0.05) is 32.1 Å². The van der Waals surface area contributed by atoms with Crippen LogP contribution in [-0.2, 0) is 4.79 Å². The van der Waals surface area contributed by atoms with E-state index in [1.807, 2.05) is 0 Å². The molecule has 0 radical (unpaired) electrons. The van der Waals surface area contributed by atoms with Crippen LogP contribution >= 0.6 is 0 Å². The number of nitrogens with one attached hydrogen (secondary N) is 1. The summed E-state index contributed by atoms with van der Waals surface area (Å²) in [7, 11) is 0. The molecule has 4 nitrogen and oxygen atoms in total. The minimum absolute atomic E-state index is 0.0912. The van der Waals surface area contributed by atoms with Crippen LogP contribution < -0.4 is 5.32 Å². The molecule has 1 heterocycles. The molecule has 2 rings (SSSR count). The standard InChI is InChI=1S/C12H20F2N2O2/c1-12(13,14)11(18)15-9-3-2-4-10(9)16-6-5-8(17)7-16/h8-10,17H,2-7H2,1H3,(H,15,18)/t8?,9-,10+/m1/s1. The Hall–Kier alpha value is -0.750. The fourth-order valence-corrected chi connectivity index (χ4v) is 2.91. The predicted octanol–water partition coefficient (Wildman–Crippen LogP) is 0.745. The van der Waals surface area contributed by atoms with Gasteiger partial charge in [-0.05, 0) is 25.7 Å². The number of β-amino-alcohol motifs (C(OH)–C–C–N with tert-alkyl or cyclic N) is 1. The molecule has 0 aromatic heterocycles. The molecule has 104 valence electrons. The minimum atomic E-state index is -3.32. The summed E-state index contributed by atoms with van der Waals surface area (Å²) in [4.78, 5) is 13.4. The smallest absolute Gasteiger partial charge is 0.321 e. The summed E-state index contributed by atoms with van der Waals surface area (Å²) < 4.78 is 25.7. The molecule has 1 saturated carbocycles. The van der Waals surface area contributed by atoms with Gasteiger partial charge < -0.3 is 10.4 Å². The van der Waals surface area contributed by atoms with Crippen LogP contribution in [0.2, 0.25) is 0 Å². The second kappa shape index (κ2) is 5.09. The first-order valence-corrected chi connectivity index (χ1v) is 6.49. The largest absolute Gasteiger partial charge is 0.392 e. The first-order chi connectivity index (χ1) is 8.38. The van der Waals surface area contributed by atoms with E-state index in [1.165, 1.54) is 0 Å². The molecule has 1 amide bonds. The zero-order valence-electron chi connectivity index (χ0n) is 10.5. The Morgan fingerprint density at radius 3 is 2.67 bits per heavy atom. The molecule has 0 spiro atoms. The average molecular weight is 262 g/mol. The van der Waals surface area contributed by atoms with Crippen LogP contribution in [0, 0.1) is 0 Å². The van der Waals surface area contributed by atoms with E-state index < -0.39 is 11.8 Å². The number of likely N-dealkylation sites (tertiary alicyclic amines) is 1. The molecule has 0 aromatic rings. The van der Waals surface area contributed by atoms with E-state index in [2.05, 4.69) is 10.2 Å². The Kier molecular flexibility index (Phi) is 3.87. The van der Waals surface area contributed by atoms with Crippen molar-refractivity contribution in [1.29, 1.82) is 0 Å². The van der Waals surface area contributed by atoms with Gasteiger partial charge in [0.05, 0.1) is 6.10 Å². The summed E-state index contributed by atoms with van der Waals surface area (Å²) in [5, 5.41) is 12.0. The molecule has 2 aliphatic rings. The lowest BCUT2D eigenvalue weighted by molar-refractivity contribution is -0.144. The summed E-state index contributed by atoms with van der Waals surface area (Å²) in [5.74, 6) is -4.52. The van der Waals surface area contributed by atoms with E-state index in [4.69, 9.17) is 0 Å². The number of rotatable bonds is 3. The number of alkyl halides is 2. The fourth-order valence-electron chi connectivity index (χ4n) is 2.91. The normalized spacial score (nSPS) is 33.9. The number of aliphatic hydroxyl groups excluding tert-OH is 1. The van der Waals surface area contributed by atoms with Gasteiger partial charge in [-0.3, -0.25) is 9.69 Å². The molecular formula is C12H20F2N2O2. The molecule has 2 N–H and O–H groups in total. The number of hydrogen-bond acceptors (Lipinski definition) is 3. The Morgan fingerprint density at radius 2 is 2.11 bits per heavy atom. The Bertz CT molecular complexity index is 320. The van der Waals surface area contributed by atoms with E-state index in [1.54, 1.807) is 0 Å². The second-order valence-electron chi connectivity index (χ2n) is 5.40. The molecule has 0 bridgehead atoms. The first kappa shape index (κ1) is 13.7. The SMILES string of the molecule is CC(F)(F)C(=O)N[C@@H]1CCC[C@@H]1N1CCC(O)C1. The fraction of sp³-hybridized carbons (Fsp3) is 0.917. The molecule has 1 aliphatic heterocycles. The van der Waals surface area contributed by atoms with E-state index >= 15 is 0 Å². The molecule has 3 atom stereocenters. The second-order valence-corrected chi connectivity index (χ2v) is 5.40. The van der Waals surface area contributed by atoms with Crippen molar-refractivity contribution in [2.75, 3.05) is 13.1 Å². The van der Waals surface area contributed by atoms with Crippen molar-refractivity contribution in [1.82, 2.24) is 10.2 Å². The van der Waals surface area contributed by atoms with E-state index in [-0.39, 0.29) is 18.2 Å². The van der Waals surface area contributed by atoms with Gasteiger partial charge in [-0.2, -0.15) is 8.78 Å². The molecule has 1 aliphatic carbocycles. The molecule has 2 fully saturated rings. The molecule has 6 heteroatoms. The molecular weight excluding hydrogens is 242 g/mol. The van der Waals surface area contributed by atoms with Gasteiger partial charge in [0.25, 0.3) is 5.91 Å². The first-order valence-electron chi connectivity index (χ1n) is 6.49. The van der Waals surface area contributed by atoms with Crippen molar-refractivity contribution >= 4 is 5.91 Å². The van der Waals surface area contributed by atoms with Crippen molar-refractivity contribution in [3.63, 3.8) is 0 Å². The number of nitrogens with zero attached hydrogens (tertiary/aromatic N) is 1. The highest BCUT2D eigenvalue weighted by Crippen LogP contribution is 2.28. The van der Waals surface area contributed by atoms with Crippen LogP contribution in [0.3, 0.4) is 0 Å². The number of aliphatic hydroxyl groups is 1. The molecule has 1 saturated heterocycles. The quantitative estimate of drug-likeness (QED) is 0.789. The maximum absolute atomic E-state index is 12.9. The van der Waals surface area contributed by atoms with Crippen LogP contribution in [0.25, 0.3) is 0 Å². The highest BCUT2D eigenvalue weighted by atomic mass is 19.3. The summed E-state index contributed by atoms with van der Waals surface area (Å²) >= 11 is 0. The number of hydrogen-bond donors (Lipinski definition) is 2. The number of carbonyl (C=O) groups is 1. The Morgan fingerprint density at radius 1 is 1.39 bits per heavy atom. The Balaban J connectivity index is 1.94. The van der Waals surface area contributed by atoms with Crippen molar-refractivity contribution < 1.29 is 18.7 Å². The van der Waals surface area contributed by atoms with E-state index in [9.17, 15) is 18.7 Å². The van der Waals surface area contributed by atoms with Gasteiger partial charge in [0.15, 0.2) is 0 Å². The van der Waals surface area contributed by atoms with Gasteiger partial charge in [-0.15, -0.1) is 0 Å². The molecule has 18 heavy (non-hydrogen) atoms. The monoisotopic (exact) mass is 262 g/mol. The minimum Gasteiger partial charge on any atom is -0.392 e. The number of amides is 1. The summed E-state index contributed by atoms with van der Waals surface area (Å²) in [5.41, 5.74) is 0. The lowest BCUT2D eigenvalue weighted by Gasteiger charge is -2.30. The lowest BCUT2D eigenvalue weighted by Crippen LogP contribution is -2.51. The summed E-state index contributed by atoms with van der Waals surface area (Å²) in [6.07, 6.45) is 2.96. The van der Waals surface area contributed by atoms with Crippen LogP contribution in [0.4, 0.5) is 8.78 Å². The zero-order chi connectivity index (χ0) is 13.3. The number of halogens is 2. The number of carbonyl (C=O) groups excluding carboxylic acids is 1. The maximum Gasteiger partial charge on any atom is 0.321 e. The van der Waals surface area contributed by atoms with Gasteiger partial charge in [0.2, 0.25) is 0 Å². The average Bonchev–Trinajstić information content (AvgIpc) is 2.85. The summed E-state index contributed by atoms with van der Waals surface area (Å²) in [6, 6.07) is -0.123. The Labute approximate surface area is 105 Å². The third kappa shape index (κ3) is 2.98. The lowest BCUT2D eigenvalue weighted by atomic mass is 10.1. The van der Waals surface area contributed by atoms with E-state index in [0.29, 0.717) is 13.5 Å². The van der Waals surface area contributed by atoms with Crippen LogP contribution in [0.5, 0.6) is 0 Å². The van der Waals surface area contributed by atoms with Crippen LogP contribution in [0.15, 0.2) is 0 Å². The van der Waals surface area contributed by atoms with Crippen molar-refractivity contribution in [2.45, 2.75) is 56.7 Å². The van der Waals surface area contributed by atoms with Gasteiger partial charge in [-0.1, -0.05) is 0 Å².